The predicted octanol–water partition coefficient (Wildman–Crippen LogP) is 2.51. The molecule has 0 aliphatic rings. The molecular weight excluding hydrogens is 316 g/mol. The van der Waals surface area contributed by atoms with E-state index < -0.39 is 17.9 Å². The molecule has 0 spiro atoms. The normalized spacial score (nSPS) is 12.0. The third kappa shape index (κ3) is 5.03. The van der Waals surface area contributed by atoms with Crippen LogP contribution < -0.4 is 10.6 Å². The maximum absolute atomic E-state index is 12.1. The van der Waals surface area contributed by atoms with Crippen LogP contribution in [0.25, 0.3) is 0 Å². The van der Waals surface area contributed by atoms with Gasteiger partial charge in [-0.2, -0.15) is 0 Å². The van der Waals surface area contributed by atoms with Crippen molar-refractivity contribution in [1.82, 2.24) is 15.3 Å². The largest absolute Gasteiger partial charge is 0.480 e. The third-order valence-corrected chi connectivity index (χ3v) is 3.70. The number of carboxylic acid groups (broad SMARTS) is 1. The first kappa shape index (κ1) is 16.9. The number of hydrogen-bond acceptors (Lipinski definition) is 6. The average Bonchev–Trinajstić information content (AvgIpc) is 2.95. The van der Waals surface area contributed by atoms with Crippen LogP contribution in [0, 0.1) is 5.92 Å². The number of carbonyl (C=O) groups is 2. The topological polar surface area (TPSA) is 104 Å². The van der Waals surface area contributed by atoms with Gasteiger partial charge in [0.2, 0.25) is 0 Å². The molecule has 2 rings (SSSR count). The summed E-state index contributed by atoms with van der Waals surface area (Å²) in [6.07, 6.45) is 2.01. The molecule has 7 nitrogen and oxygen atoms in total. The number of anilines is 2. The fraction of sp³-hybridized carbons (Fsp3) is 0.333. The number of aromatic nitrogens is 2. The molecule has 3 N–H and O–H groups in total. The van der Waals surface area contributed by atoms with Crippen molar-refractivity contribution in [3.8, 4) is 0 Å². The van der Waals surface area contributed by atoms with E-state index >= 15 is 0 Å². The Bertz CT molecular complexity index is 672. The summed E-state index contributed by atoms with van der Waals surface area (Å²) in [7, 11) is 0. The zero-order valence-corrected chi connectivity index (χ0v) is 13.6. The molecule has 8 heteroatoms. The van der Waals surface area contributed by atoms with E-state index in [2.05, 4.69) is 20.6 Å². The van der Waals surface area contributed by atoms with Crippen LogP contribution in [0.3, 0.4) is 0 Å². The summed E-state index contributed by atoms with van der Waals surface area (Å²) in [5.74, 6) is -0.761. The minimum atomic E-state index is -1.05. The van der Waals surface area contributed by atoms with Gasteiger partial charge in [-0.25, -0.2) is 14.8 Å². The molecule has 0 aliphatic carbocycles. The van der Waals surface area contributed by atoms with Crippen molar-refractivity contribution in [2.45, 2.75) is 26.3 Å². The highest BCUT2D eigenvalue weighted by Gasteiger charge is 2.23. The van der Waals surface area contributed by atoms with Gasteiger partial charge in [-0.3, -0.25) is 4.79 Å². The first-order chi connectivity index (χ1) is 11.0. The zero-order chi connectivity index (χ0) is 16.8. The molecule has 0 aliphatic heterocycles. The Morgan fingerprint density at radius 1 is 1.35 bits per heavy atom. The lowest BCUT2D eigenvalue weighted by atomic mass is 10.0. The van der Waals surface area contributed by atoms with Crippen LogP contribution in [0.4, 0.5) is 10.9 Å². The maximum atomic E-state index is 12.1. The molecule has 0 radical (unpaired) electrons. The number of hydrogen-bond donors (Lipinski definition) is 3. The van der Waals surface area contributed by atoms with Crippen molar-refractivity contribution in [2.24, 2.45) is 5.92 Å². The van der Waals surface area contributed by atoms with Crippen LogP contribution in [0.15, 0.2) is 29.8 Å². The lowest BCUT2D eigenvalue weighted by Gasteiger charge is -2.15. The monoisotopic (exact) mass is 334 g/mol. The third-order valence-electron chi connectivity index (χ3n) is 2.95. The minimum Gasteiger partial charge on any atom is -0.480 e. The summed E-state index contributed by atoms with van der Waals surface area (Å²) in [6.45, 7) is 3.81. The Labute approximate surface area is 137 Å². The van der Waals surface area contributed by atoms with E-state index in [9.17, 15) is 9.59 Å². The number of amides is 1. The Balaban J connectivity index is 2.01. The summed E-state index contributed by atoms with van der Waals surface area (Å²) in [6, 6.07) is 4.49. The summed E-state index contributed by atoms with van der Waals surface area (Å²) in [5, 5.41) is 16.8. The number of nitrogens with zero attached hydrogens (tertiary/aromatic N) is 2. The Morgan fingerprint density at radius 2 is 2.13 bits per heavy atom. The second-order valence-electron chi connectivity index (χ2n) is 5.37. The van der Waals surface area contributed by atoms with Crippen LogP contribution in [-0.4, -0.2) is 33.0 Å². The lowest BCUT2D eigenvalue weighted by Crippen LogP contribution is -2.41. The molecule has 0 saturated carbocycles. The smallest absolute Gasteiger partial charge is 0.326 e. The molecule has 0 saturated heterocycles. The molecule has 122 valence electrons. The summed E-state index contributed by atoms with van der Waals surface area (Å²) < 4.78 is 0. The highest BCUT2D eigenvalue weighted by Crippen LogP contribution is 2.19. The van der Waals surface area contributed by atoms with Crippen molar-refractivity contribution >= 4 is 34.2 Å². The van der Waals surface area contributed by atoms with E-state index in [1.54, 1.807) is 23.7 Å². The molecule has 1 amide bonds. The van der Waals surface area contributed by atoms with Crippen LogP contribution in [0.5, 0.6) is 0 Å². The number of pyridine rings is 1. The van der Waals surface area contributed by atoms with Crippen LogP contribution >= 0.6 is 11.3 Å². The van der Waals surface area contributed by atoms with Gasteiger partial charge in [0.25, 0.3) is 5.91 Å². The SMILES string of the molecule is CC(C)C[C@H](NC(=O)c1csc(Nc2ccccn2)n1)C(=O)O. The van der Waals surface area contributed by atoms with Crippen molar-refractivity contribution in [3.63, 3.8) is 0 Å². The molecule has 2 aromatic heterocycles. The first-order valence-corrected chi connectivity index (χ1v) is 8.01. The molecule has 23 heavy (non-hydrogen) atoms. The highest BCUT2D eigenvalue weighted by molar-refractivity contribution is 7.14. The number of carbonyl (C=O) groups excluding carboxylic acids is 1. The number of nitrogens with one attached hydrogen (secondary N) is 2. The quantitative estimate of drug-likeness (QED) is 0.719. The standard InChI is InChI=1S/C15H18N4O3S/c1-9(2)7-10(14(21)22)17-13(20)11-8-23-15(18-11)19-12-5-3-4-6-16-12/h3-6,8-10H,7H2,1-2H3,(H,17,20)(H,21,22)(H,16,18,19)/t10-/m0/s1. The zero-order valence-electron chi connectivity index (χ0n) is 12.8. The number of thiazole rings is 1. The molecular formula is C15H18N4O3S. The average molecular weight is 334 g/mol. The van der Waals surface area contributed by atoms with E-state index in [0.717, 1.165) is 0 Å². The Morgan fingerprint density at radius 3 is 2.74 bits per heavy atom. The summed E-state index contributed by atoms with van der Waals surface area (Å²) in [4.78, 5) is 31.6. The van der Waals surface area contributed by atoms with E-state index in [0.29, 0.717) is 17.4 Å². The molecule has 0 bridgehead atoms. The Kier molecular flexibility index (Phi) is 5.64. The van der Waals surface area contributed by atoms with Gasteiger partial charge in [0, 0.05) is 11.6 Å². The second kappa shape index (κ2) is 7.68. The van der Waals surface area contributed by atoms with Crippen LogP contribution in [0.2, 0.25) is 0 Å². The first-order valence-electron chi connectivity index (χ1n) is 7.13. The van der Waals surface area contributed by atoms with Gasteiger partial charge in [-0.05, 0) is 24.5 Å². The van der Waals surface area contributed by atoms with Crippen molar-refractivity contribution < 1.29 is 14.7 Å². The molecule has 0 aromatic carbocycles. The maximum Gasteiger partial charge on any atom is 0.326 e. The van der Waals surface area contributed by atoms with E-state index in [-0.39, 0.29) is 11.6 Å². The fourth-order valence-electron chi connectivity index (χ4n) is 1.91. The summed E-state index contributed by atoms with van der Waals surface area (Å²) >= 11 is 1.25. The number of rotatable bonds is 7. The van der Waals surface area contributed by atoms with Gasteiger partial charge in [-0.1, -0.05) is 19.9 Å². The van der Waals surface area contributed by atoms with Gasteiger partial charge in [0.05, 0.1) is 0 Å². The summed E-state index contributed by atoms with van der Waals surface area (Å²) in [5.41, 5.74) is 0.184. The van der Waals surface area contributed by atoms with E-state index in [1.807, 2.05) is 19.9 Å². The van der Waals surface area contributed by atoms with Gasteiger partial charge < -0.3 is 15.7 Å². The Hall–Kier alpha value is -2.48. The van der Waals surface area contributed by atoms with E-state index in [4.69, 9.17) is 5.11 Å². The van der Waals surface area contributed by atoms with Crippen molar-refractivity contribution in [3.05, 3.63) is 35.5 Å². The van der Waals surface area contributed by atoms with Gasteiger partial charge >= 0.3 is 5.97 Å². The lowest BCUT2D eigenvalue weighted by molar-refractivity contribution is -0.139. The fourth-order valence-corrected chi connectivity index (χ4v) is 2.60. The number of carboxylic acids is 1. The van der Waals surface area contributed by atoms with Gasteiger partial charge in [0.15, 0.2) is 5.13 Å². The van der Waals surface area contributed by atoms with Crippen molar-refractivity contribution in [2.75, 3.05) is 5.32 Å². The van der Waals surface area contributed by atoms with Crippen molar-refractivity contribution in [1.29, 1.82) is 0 Å². The molecule has 0 unspecified atom stereocenters. The number of aliphatic carboxylic acids is 1. The van der Waals surface area contributed by atoms with Gasteiger partial charge in [-0.15, -0.1) is 11.3 Å². The van der Waals surface area contributed by atoms with Crippen LogP contribution in [0.1, 0.15) is 30.8 Å². The van der Waals surface area contributed by atoms with Crippen LogP contribution in [-0.2, 0) is 4.79 Å². The molecule has 1 atom stereocenters. The minimum absolute atomic E-state index is 0.160. The highest BCUT2D eigenvalue weighted by atomic mass is 32.1. The van der Waals surface area contributed by atoms with E-state index in [1.165, 1.54) is 11.3 Å². The predicted molar refractivity (Wildman–Crippen MR) is 88.0 cm³/mol. The second-order valence-corrected chi connectivity index (χ2v) is 6.23. The molecule has 2 heterocycles. The molecule has 0 fully saturated rings. The molecule has 2 aromatic rings. The van der Waals surface area contributed by atoms with Gasteiger partial charge in [0.1, 0.15) is 17.6 Å².